The summed E-state index contributed by atoms with van der Waals surface area (Å²) in [4.78, 5) is 25.5. The van der Waals surface area contributed by atoms with E-state index in [0.717, 1.165) is 43.3 Å². The number of dihydropyridines is 1. The zero-order valence-corrected chi connectivity index (χ0v) is 22.5. The van der Waals surface area contributed by atoms with Gasteiger partial charge in [-0.05, 0) is 90.0 Å². The number of fused-ring (bicyclic) bond motifs is 1. The Bertz CT molecular complexity index is 1020. The van der Waals surface area contributed by atoms with Crippen LogP contribution in [0.25, 0.3) is 0 Å². The Morgan fingerprint density at radius 3 is 2.64 bits per heavy atom. The van der Waals surface area contributed by atoms with Crippen molar-refractivity contribution >= 4 is 41.8 Å². The van der Waals surface area contributed by atoms with Gasteiger partial charge in [-0.3, -0.25) is 19.7 Å². The minimum absolute atomic E-state index is 0.0967. The molecule has 0 aromatic heterocycles. The Hall–Kier alpha value is -1.15. The molecule has 0 radical (unpaired) electrons. The Morgan fingerprint density at radius 1 is 1.21 bits per heavy atom. The second-order valence-corrected chi connectivity index (χ2v) is 14.0. The summed E-state index contributed by atoms with van der Waals surface area (Å²) >= 11 is -0.277. The fourth-order valence-corrected chi connectivity index (χ4v) is 9.29. The average molecular weight is 561 g/mol. The van der Waals surface area contributed by atoms with Gasteiger partial charge < -0.3 is 5.32 Å². The van der Waals surface area contributed by atoms with Crippen LogP contribution in [0.4, 0.5) is 0 Å². The SMILES string of the molecule is CCC1(N=C2NC(N3CCC(C4=CC(C(C)C)=NC5CCC45)CC3)=IC3=C2C(=O)CC3)CC1. The molecular weight excluding hydrogens is 523 g/mol. The van der Waals surface area contributed by atoms with Crippen molar-refractivity contribution in [1.82, 2.24) is 10.2 Å². The van der Waals surface area contributed by atoms with Crippen LogP contribution in [0.5, 0.6) is 0 Å². The molecule has 0 aromatic rings. The molecule has 2 atom stereocenters. The van der Waals surface area contributed by atoms with Crippen molar-refractivity contribution in [2.45, 2.75) is 90.1 Å². The second-order valence-electron chi connectivity index (χ2n) is 11.1. The highest BCUT2D eigenvalue weighted by molar-refractivity contribution is 14.2. The summed E-state index contributed by atoms with van der Waals surface area (Å²) in [5.41, 5.74) is 4.12. The lowest BCUT2D eigenvalue weighted by molar-refractivity contribution is -0.114. The summed E-state index contributed by atoms with van der Waals surface area (Å²) in [6.45, 7) is 9.04. The monoisotopic (exact) mass is 560 g/mol. The van der Waals surface area contributed by atoms with Gasteiger partial charge >= 0.3 is 0 Å². The van der Waals surface area contributed by atoms with Gasteiger partial charge in [0.2, 0.25) is 0 Å². The molecule has 5 nitrogen and oxygen atoms in total. The summed E-state index contributed by atoms with van der Waals surface area (Å²) in [7, 11) is 0. The van der Waals surface area contributed by atoms with Gasteiger partial charge in [-0.25, -0.2) is 0 Å². The van der Waals surface area contributed by atoms with E-state index in [2.05, 4.69) is 37.1 Å². The molecule has 6 aliphatic rings. The summed E-state index contributed by atoms with van der Waals surface area (Å²) in [5.74, 6) is 3.20. The largest absolute Gasteiger partial charge is 0.326 e. The maximum Gasteiger partial charge on any atom is 0.167 e. The lowest BCUT2D eigenvalue weighted by Crippen LogP contribution is -2.49. The van der Waals surface area contributed by atoms with Crippen LogP contribution in [0.3, 0.4) is 0 Å². The molecule has 3 aliphatic carbocycles. The van der Waals surface area contributed by atoms with Crippen molar-refractivity contribution < 1.29 is 4.79 Å². The Balaban J connectivity index is 1.19. The second kappa shape index (κ2) is 8.51. The predicted octanol–water partition coefficient (Wildman–Crippen LogP) is 5.13. The van der Waals surface area contributed by atoms with E-state index in [1.54, 1.807) is 5.57 Å². The molecule has 6 heteroatoms. The number of rotatable bonds is 5. The van der Waals surface area contributed by atoms with Gasteiger partial charge in [-0.15, -0.1) is 0 Å². The number of ketones is 1. The fraction of sp³-hybridized carbons (Fsp3) is 0.704. The highest BCUT2D eigenvalue weighted by Gasteiger charge is 2.44. The number of piperidine rings is 1. The summed E-state index contributed by atoms with van der Waals surface area (Å²) < 4.78 is 2.83. The molecule has 178 valence electrons. The Labute approximate surface area is 208 Å². The van der Waals surface area contributed by atoms with Gasteiger partial charge in [-0.1, -0.05) is 26.3 Å². The first kappa shape index (κ1) is 22.3. The van der Waals surface area contributed by atoms with Gasteiger partial charge in [0.15, 0.2) is 5.78 Å². The van der Waals surface area contributed by atoms with E-state index in [9.17, 15) is 4.79 Å². The van der Waals surface area contributed by atoms with E-state index < -0.39 is 0 Å². The van der Waals surface area contributed by atoms with Gasteiger partial charge in [0.1, 0.15) is 9.59 Å². The number of hydrogen-bond donors (Lipinski definition) is 1. The predicted molar refractivity (Wildman–Crippen MR) is 144 cm³/mol. The van der Waals surface area contributed by atoms with Crippen molar-refractivity contribution in [2.24, 2.45) is 27.7 Å². The number of hydrogen-bond acceptors (Lipinski definition) is 4. The van der Waals surface area contributed by atoms with Crippen LogP contribution in [-0.2, 0) is 4.79 Å². The smallest absolute Gasteiger partial charge is 0.167 e. The first-order valence-electron chi connectivity index (χ1n) is 13.2. The number of aliphatic imine (C=N–C) groups is 2. The molecule has 2 unspecified atom stereocenters. The minimum Gasteiger partial charge on any atom is -0.326 e. The van der Waals surface area contributed by atoms with Crippen molar-refractivity contribution in [3.8, 4) is 0 Å². The molecular formula is C27H37IN4O. The van der Waals surface area contributed by atoms with Crippen LogP contribution in [0.1, 0.15) is 78.6 Å². The molecule has 2 saturated carbocycles. The summed E-state index contributed by atoms with van der Waals surface area (Å²) in [6, 6.07) is 0.568. The number of nitrogens with zero attached hydrogens (tertiary/aromatic N) is 3. The van der Waals surface area contributed by atoms with Crippen molar-refractivity contribution in [1.29, 1.82) is 0 Å². The van der Waals surface area contributed by atoms with E-state index in [4.69, 9.17) is 9.98 Å². The zero-order valence-electron chi connectivity index (χ0n) is 20.3. The molecule has 3 aliphatic heterocycles. The number of nitrogens with one attached hydrogen (secondary N) is 1. The van der Waals surface area contributed by atoms with Crippen LogP contribution < -0.4 is 5.32 Å². The van der Waals surface area contributed by atoms with E-state index in [-0.39, 0.29) is 26.3 Å². The van der Waals surface area contributed by atoms with Crippen molar-refractivity contribution in [3.63, 3.8) is 0 Å². The van der Waals surface area contributed by atoms with Crippen LogP contribution in [-0.4, -0.2) is 50.7 Å². The van der Waals surface area contributed by atoms with Crippen molar-refractivity contribution in [2.75, 3.05) is 13.1 Å². The highest BCUT2D eigenvalue weighted by Crippen LogP contribution is 2.46. The number of halogens is 1. The molecule has 0 bridgehead atoms. The third kappa shape index (κ3) is 4.03. The molecule has 1 N–H and O–H groups in total. The van der Waals surface area contributed by atoms with E-state index in [1.165, 1.54) is 51.6 Å². The average Bonchev–Trinajstić information content (AvgIpc) is 3.47. The van der Waals surface area contributed by atoms with Gasteiger partial charge in [0.25, 0.3) is 0 Å². The lowest BCUT2D eigenvalue weighted by atomic mass is 9.67. The van der Waals surface area contributed by atoms with E-state index in [0.29, 0.717) is 30.1 Å². The number of amidine groups is 1. The first-order valence-corrected chi connectivity index (χ1v) is 15.3. The van der Waals surface area contributed by atoms with Gasteiger partial charge in [0.05, 0.1) is 17.2 Å². The number of likely N-dealkylation sites (tertiary alicyclic amines) is 1. The van der Waals surface area contributed by atoms with Crippen molar-refractivity contribution in [3.05, 3.63) is 20.8 Å². The fourth-order valence-electron chi connectivity index (χ4n) is 6.10. The number of carbonyl (C=O) groups excluding carboxylic acids is 1. The van der Waals surface area contributed by atoms with E-state index >= 15 is 0 Å². The van der Waals surface area contributed by atoms with Crippen LogP contribution in [0.2, 0.25) is 0 Å². The normalized spacial score (nSPS) is 32.9. The van der Waals surface area contributed by atoms with Crippen LogP contribution in [0.15, 0.2) is 30.8 Å². The third-order valence-electron chi connectivity index (χ3n) is 8.75. The van der Waals surface area contributed by atoms with Crippen LogP contribution >= 0.6 is 20.7 Å². The van der Waals surface area contributed by atoms with Gasteiger partial charge in [-0.2, -0.15) is 0 Å². The molecule has 0 spiro atoms. The minimum atomic E-state index is -0.277. The molecule has 6 rings (SSSR count). The highest BCUT2D eigenvalue weighted by atomic mass is 127. The topological polar surface area (TPSA) is 57.1 Å². The number of carbonyl (C=O) groups is 1. The van der Waals surface area contributed by atoms with Gasteiger partial charge in [0, 0.05) is 34.7 Å². The molecule has 33 heavy (non-hydrogen) atoms. The van der Waals surface area contributed by atoms with E-state index in [1.807, 2.05) is 0 Å². The summed E-state index contributed by atoms with van der Waals surface area (Å²) in [6.07, 6.45) is 12.6. The quantitative estimate of drug-likeness (QED) is 0.475. The maximum atomic E-state index is 12.7. The first-order chi connectivity index (χ1) is 16.0. The molecule has 1 saturated heterocycles. The standard InChI is InChI=1S/C27H37IN4O/c1-4-27(11-12-27)31-25-24-20(6-8-23(24)33)28-26(30-25)32-13-9-17(10-14-32)19-15-22(16(2)3)29-21-7-5-18(19)21/h15-18,21H,4-14H2,1-3H3,(H,30,31). The molecule has 3 fully saturated rings. The molecule has 0 amide bonds. The number of allylic oxidation sites excluding steroid dienone is 2. The Kier molecular flexibility index (Phi) is 5.75. The number of Topliss-reactive ketones (excluding diaryl/α,β-unsaturated/α-hetero) is 1. The molecule has 0 aromatic carbocycles. The third-order valence-corrected chi connectivity index (χ3v) is 11.9. The molecule has 3 heterocycles. The van der Waals surface area contributed by atoms with Crippen LogP contribution in [0, 0.1) is 17.8 Å². The maximum absolute atomic E-state index is 12.7. The lowest BCUT2D eigenvalue weighted by Gasteiger charge is -2.44. The zero-order chi connectivity index (χ0) is 22.7. The Morgan fingerprint density at radius 2 is 2.00 bits per heavy atom. The summed E-state index contributed by atoms with van der Waals surface area (Å²) in [5, 5.41) is 3.73.